The normalized spacial score (nSPS) is 12.4. The summed E-state index contributed by atoms with van der Waals surface area (Å²) in [5.74, 6) is 1.44. The first-order valence-corrected chi connectivity index (χ1v) is 9.58. The van der Waals surface area contributed by atoms with E-state index in [1.165, 1.54) is 0 Å². The van der Waals surface area contributed by atoms with Crippen LogP contribution in [-0.4, -0.2) is 29.8 Å². The van der Waals surface area contributed by atoms with Crippen LogP contribution in [0.3, 0.4) is 0 Å². The molecular weight excluding hydrogens is 350 g/mol. The van der Waals surface area contributed by atoms with Crippen molar-refractivity contribution >= 4 is 10.9 Å². The van der Waals surface area contributed by atoms with Gasteiger partial charge in [-0.05, 0) is 30.5 Å². The fourth-order valence-corrected chi connectivity index (χ4v) is 3.41. The van der Waals surface area contributed by atoms with Crippen molar-refractivity contribution in [1.82, 2.24) is 24.7 Å². The van der Waals surface area contributed by atoms with Crippen LogP contribution in [0.5, 0.6) is 0 Å². The molecule has 0 aliphatic carbocycles. The van der Waals surface area contributed by atoms with Crippen molar-refractivity contribution < 1.29 is 5.11 Å². The molecule has 0 amide bonds. The molecule has 28 heavy (non-hydrogen) atoms. The van der Waals surface area contributed by atoms with Crippen molar-refractivity contribution in [1.29, 1.82) is 0 Å². The van der Waals surface area contributed by atoms with Crippen LogP contribution in [-0.2, 0) is 6.61 Å². The monoisotopic (exact) mass is 373 g/mol. The van der Waals surface area contributed by atoms with E-state index >= 15 is 0 Å². The summed E-state index contributed by atoms with van der Waals surface area (Å²) in [6.45, 7) is 4.22. The summed E-state index contributed by atoms with van der Waals surface area (Å²) in [7, 11) is 0. The van der Waals surface area contributed by atoms with Gasteiger partial charge >= 0.3 is 0 Å². The number of hydrogen-bond acceptors (Lipinski definition) is 5. The first kappa shape index (κ1) is 18.3. The Morgan fingerprint density at radius 2 is 2.00 bits per heavy atom. The zero-order chi connectivity index (χ0) is 19.5. The van der Waals surface area contributed by atoms with Gasteiger partial charge in [-0.1, -0.05) is 38.5 Å². The highest BCUT2D eigenvalue weighted by molar-refractivity contribution is 5.84. The Balaban J connectivity index is 1.77. The largest absolute Gasteiger partial charge is 0.388 e. The molecule has 4 rings (SSSR count). The molecule has 4 aromatic rings. The molecule has 0 spiro atoms. The number of aromatic nitrogens is 5. The van der Waals surface area contributed by atoms with Crippen LogP contribution in [0, 0.1) is 0 Å². The predicted octanol–water partition coefficient (Wildman–Crippen LogP) is 4.27. The summed E-state index contributed by atoms with van der Waals surface area (Å²) in [4.78, 5) is 13.3. The first-order valence-electron chi connectivity index (χ1n) is 9.58. The highest BCUT2D eigenvalue weighted by atomic mass is 16.3. The fourth-order valence-electron chi connectivity index (χ4n) is 3.41. The highest BCUT2D eigenvalue weighted by Gasteiger charge is 2.11. The fraction of sp³-hybridized carbons (Fsp3) is 0.273. The third kappa shape index (κ3) is 3.51. The standard InChI is InChI=1S/C22H23N5O/c1-3-5-15(2)18-6-4-7-19(25-18)16-8-9-17-13-24-27(20(17)12-16)22-10-11-23-21(14-28)26-22/h4,6-13,15,28H,3,5,14H2,1-2H3/t15-/m0/s1. The van der Waals surface area contributed by atoms with E-state index in [1.54, 1.807) is 16.9 Å². The summed E-state index contributed by atoms with van der Waals surface area (Å²) in [6, 6.07) is 14.2. The molecule has 1 N–H and O–H groups in total. The van der Waals surface area contributed by atoms with Crippen LogP contribution in [0.4, 0.5) is 0 Å². The van der Waals surface area contributed by atoms with Gasteiger partial charge in [0.2, 0.25) is 0 Å². The van der Waals surface area contributed by atoms with E-state index in [0.29, 0.717) is 17.6 Å². The van der Waals surface area contributed by atoms with Crippen molar-refractivity contribution in [2.75, 3.05) is 0 Å². The molecule has 6 nitrogen and oxygen atoms in total. The molecule has 1 atom stereocenters. The van der Waals surface area contributed by atoms with Gasteiger partial charge < -0.3 is 5.11 Å². The van der Waals surface area contributed by atoms with E-state index in [9.17, 15) is 5.11 Å². The van der Waals surface area contributed by atoms with E-state index in [-0.39, 0.29) is 6.61 Å². The van der Waals surface area contributed by atoms with Crippen LogP contribution in [0.1, 0.15) is 44.1 Å². The van der Waals surface area contributed by atoms with Gasteiger partial charge in [0.05, 0.1) is 17.4 Å². The summed E-state index contributed by atoms with van der Waals surface area (Å²) in [5, 5.41) is 14.8. The smallest absolute Gasteiger partial charge is 0.157 e. The quantitative estimate of drug-likeness (QED) is 0.546. The van der Waals surface area contributed by atoms with Crippen molar-refractivity contribution in [3.05, 3.63) is 66.4 Å². The lowest BCUT2D eigenvalue weighted by Gasteiger charge is -2.11. The third-order valence-corrected chi connectivity index (χ3v) is 4.91. The van der Waals surface area contributed by atoms with Crippen molar-refractivity contribution in [2.45, 2.75) is 39.2 Å². The molecular formula is C22H23N5O. The maximum atomic E-state index is 9.31. The average Bonchev–Trinajstić information content (AvgIpc) is 3.17. The number of hydrogen-bond donors (Lipinski definition) is 1. The molecule has 0 radical (unpaired) electrons. The van der Waals surface area contributed by atoms with Gasteiger partial charge in [-0.2, -0.15) is 5.10 Å². The molecule has 1 aromatic carbocycles. The van der Waals surface area contributed by atoms with Gasteiger partial charge in [0, 0.05) is 28.9 Å². The molecule has 0 aliphatic rings. The Bertz CT molecular complexity index is 1100. The van der Waals surface area contributed by atoms with Gasteiger partial charge in [-0.15, -0.1) is 0 Å². The Morgan fingerprint density at radius 1 is 1.11 bits per heavy atom. The van der Waals surface area contributed by atoms with E-state index < -0.39 is 0 Å². The Morgan fingerprint density at radius 3 is 2.82 bits per heavy atom. The lowest BCUT2D eigenvalue weighted by Crippen LogP contribution is -2.03. The van der Waals surface area contributed by atoms with Crippen LogP contribution >= 0.6 is 0 Å². The van der Waals surface area contributed by atoms with Gasteiger partial charge in [-0.3, -0.25) is 4.98 Å². The van der Waals surface area contributed by atoms with Gasteiger partial charge in [0.25, 0.3) is 0 Å². The van der Waals surface area contributed by atoms with Crippen molar-refractivity contribution in [3.63, 3.8) is 0 Å². The Labute approximate surface area is 163 Å². The summed E-state index contributed by atoms with van der Waals surface area (Å²) >= 11 is 0. The second kappa shape index (κ2) is 7.86. The van der Waals surface area contributed by atoms with Gasteiger partial charge in [0.1, 0.15) is 6.61 Å². The highest BCUT2D eigenvalue weighted by Crippen LogP contribution is 2.27. The average molecular weight is 373 g/mol. The molecule has 0 unspecified atom stereocenters. The Hall–Kier alpha value is -3.12. The number of aliphatic hydroxyl groups excluding tert-OH is 1. The minimum absolute atomic E-state index is 0.203. The summed E-state index contributed by atoms with van der Waals surface area (Å²) in [6.07, 6.45) is 5.72. The third-order valence-electron chi connectivity index (χ3n) is 4.91. The molecule has 3 aromatic heterocycles. The molecule has 3 heterocycles. The van der Waals surface area contributed by atoms with Gasteiger partial charge in [-0.25, -0.2) is 14.6 Å². The molecule has 0 aliphatic heterocycles. The van der Waals surface area contributed by atoms with E-state index in [4.69, 9.17) is 4.98 Å². The van der Waals surface area contributed by atoms with Crippen molar-refractivity contribution in [2.24, 2.45) is 0 Å². The van der Waals surface area contributed by atoms with Crippen LogP contribution in [0.2, 0.25) is 0 Å². The topological polar surface area (TPSA) is 76.7 Å². The molecule has 142 valence electrons. The lowest BCUT2D eigenvalue weighted by atomic mass is 10.0. The van der Waals surface area contributed by atoms with Crippen LogP contribution < -0.4 is 0 Å². The zero-order valence-corrected chi connectivity index (χ0v) is 16.1. The van der Waals surface area contributed by atoms with Crippen LogP contribution in [0.15, 0.2) is 54.9 Å². The zero-order valence-electron chi connectivity index (χ0n) is 16.1. The SMILES string of the molecule is CCC[C@H](C)c1cccc(-c2ccc3cnn(-c4ccnc(CO)n4)c3c2)n1. The van der Waals surface area contributed by atoms with Crippen LogP contribution in [0.25, 0.3) is 28.0 Å². The number of pyridine rings is 1. The second-order valence-electron chi connectivity index (χ2n) is 6.96. The molecule has 0 fully saturated rings. The maximum Gasteiger partial charge on any atom is 0.157 e. The number of benzene rings is 1. The molecule has 0 saturated heterocycles. The van der Waals surface area contributed by atoms with E-state index in [2.05, 4.69) is 53.2 Å². The molecule has 0 saturated carbocycles. The lowest BCUT2D eigenvalue weighted by molar-refractivity contribution is 0.271. The number of rotatable bonds is 6. The summed E-state index contributed by atoms with van der Waals surface area (Å²) < 4.78 is 1.77. The number of aliphatic hydroxyl groups is 1. The minimum Gasteiger partial charge on any atom is -0.388 e. The number of nitrogens with zero attached hydrogens (tertiary/aromatic N) is 5. The minimum atomic E-state index is -0.203. The maximum absolute atomic E-state index is 9.31. The van der Waals surface area contributed by atoms with E-state index in [1.807, 2.05) is 18.3 Å². The molecule has 6 heteroatoms. The first-order chi connectivity index (χ1) is 13.7. The second-order valence-corrected chi connectivity index (χ2v) is 6.96. The molecule has 0 bridgehead atoms. The Kier molecular flexibility index (Phi) is 5.12. The van der Waals surface area contributed by atoms with Gasteiger partial charge in [0.15, 0.2) is 11.6 Å². The summed E-state index contributed by atoms with van der Waals surface area (Å²) in [5.41, 5.74) is 4.05. The predicted molar refractivity (Wildman–Crippen MR) is 109 cm³/mol. The van der Waals surface area contributed by atoms with E-state index in [0.717, 1.165) is 40.7 Å². The number of fused-ring (bicyclic) bond motifs is 1. The van der Waals surface area contributed by atoms with Crippen molar-refractivity contribution in [3.8, 4) is 17.1 Å².